The molecular formula is C18H28FIN4O2S. The third-order valence-electron chi connectivity index (χ3n) is 4.03. The highest BCUT2D eigenvalue weighted by atomic mass is 127. The van der Waals surface area contributed by atoms with Crippen LogP contribution in [0, 0.1) is 5.82 Å². The normalized spacial score (nSPS) is 13.3. The van der Waals surface area contributed by atoms with Gasteiger partial charge in [0, 0.05) is 42.5 Å². The Hall–Kier alpha value is -1.36. The molecule has 0 bridgehead atoms. The van der Waals surface area contributed by atoms with Gasteiger partial charge in [0.1, 0.15) is 15.7 Å². The summed E-state index contributed by atoms with van der Waals surface area (Å²) in [6.45, 7) is 5.15. The Balaban J connectivity index is 0.00000364. The zero-order chi connectivity index (χ0) is 19.2. The van der Waals surface area contributed by atoms with Crippen molar-refractivity contribution in [2.24, 2.45) is 4.99 Å². The van der Waals surface area contributed by atoms with Crippen molar-refractivity contribution < 1.29 is 12.8 Å². The van der Waals surface area contributed by atoms with Gasteiger partial charge in [0.2, 0.25) is 0 Å². The molecule has 1 heterocycles. The summed E-state index contributed by atoms with van der Waals surface area (Å²) in [5, 5.41) is 7.26. The molecule has 0 fully saturated rings. The standard InChI is InChI=1S/C18H27FN4O2S.HI/c1-4-20-18(23-13(2)8-10-26(3,24)25)21-9-7-14-12-22-17-6-5-15(19)11-16(14)17;/h5-6,11-13,22H,4,7-10H2,1-3H3,(H2,20,21,23);1H. The van der Waals surface area contributed by atoms with Crippen LogP contribution in [0.15, 0.2) is 29.4 Å². The van der Waals surface area contributed by atoms with Crippen LogP contribution >= 0.6 is 24.0 Å². The van der Waals surface area contributed by atoms with E-state index in [1.165, 1.54) is 18.4 Å². The van der Waals surface area contributed by atoms with E-state index >= 15 is 0 Å². The smallest absolute Gasteiger partial charge is 0.191 e. The van der Waals surface area contributed by atoms with Crippen molar-refractivity contribution in [2.45, 2.75) is 32.7 Å². The molecule has 0 saturated carbocycles. The molecule has 0 spiro atoms. The number of aliphatic imine (C=N–C) groups is 1. The van der Waals surface area contributed by atoms with Crippen LogP contribution < -0.4 is 10.6 Å². The number of fused-ring (bicyclic) bond motifs is 1. The van der Waals surface area contributed by atoms with Gasteiger partial charge >= 0.3 is 0 Å². The minimum Gasteiger partial charge on any atom is -0.361 e. The van der Waals surface area contributed by atoms with Gasteiger partial charge in [-0.05, 0) is 50.5 Å². The summed E-state index contributed by atoms with van der Waals surface area (Å²) in [6, 6.07) is 4.68. The number of aromatic nitrogens is 1. The second-order valence-corrected chi connectivity index (χ2v) is 8.74. The van der Waals surface area contributed by atoms with Gasteiger partial charge in [0.25, 0.3) is 0 Å². The zero-order valence-corrected chi connectivity index (χ0v) is 19.0. The Labute approximate surface area is 177 Å². The van der Waals surface area contributed by atoms with Gasteiger partial charge in [-0.3, -0.25) is 4.99 Å². The topological polar surface area (TPSA) is 86.3 Å². The average molecular weight is 510 g/mol. The lowest BCUT2D eigenvalue weighted by Gasteiger charge is -2.17. The predicted octanol–water partition coefficient (Wildman–Crippen LogP) is 2.85. The fourth-order valence-corrected chi connectivity index (χ4v) is 3.44. The highest BCUT2D eigenvalue weighted by Gasteiger charge is 2.10. The van der Waals surface area contributed by atoms with Crippen LogP contribution in [0.1, 0.15) is 25.8 Å². The molecule has 27 heavy (non-hydrogen) atoms. The number of aromatic amines is 1. The number of halogens is 2. The Morgan fingerprint density at radius 2 is 2.11 bits per heavy atom. The van der Waals surface area contributed by atoms with Gasteiger partial charge in [-0.1, -0.05) is 0 Å². The van der Waals surface area contributed by atoms with E-state index in [0.717, 1.165) is 16.5 Å². The maximum Gasteiger partial charge on any atom is 0.191 e. The first-order chi connectivity index (χ1) is 12.3. The highest BCUT2D eigenvalue weighted by molar-refractivity contribution is 14.0. The van der Waals surface area contributed by atoms with Crippen molar-refractivity contribution in [3.05, 3.63) is 35.8 Å². The highest BCUT2D eigenvalue weighted by Crippen LogP contribution is 2.19. The molecule has 1 atom stereocenters. The van der Waals surface area contributed by atoms with E-state index in [4.69, 9.17) is 0 Å². The average Bonchev–Trinajstić information content (AvgIpc) is 2.95. The van der Waals surface area contributed by atoms with E-state index in [1.54, 1.807) is 6.07 Å². The molecule has 1 aromatic heterocycles. The maximum atomic E-state index is 13.4. The summed E-state index contributed by atoms with van der Waals surface area (Å²) in [5.74, 6) is 0.540. The first kappa shape index (κ1) is 23.7. The van der Waals surface area contributed by atoms with Gasteiger partial charge in [-0.25, -0.2) is 12.8 Å². The number of guanidine groups is 1. The minimum atomic E-state index is -2.97. The van der Waals surface area contributed by atoms with Crippen LogP contribution in [-0.2, 0) is 16.3 Å². The second-order valence-electron chi connectivity index (χ2n) is 6.48. The van der Waals surface area contributed by atoms with E-state index in [1.807, 2.05) is 20.0 Å². The molecule has 3 N–H and O–H groups in total. The Kier molecular flexibility index (Phi) is 9.51. The fraction of sp³-hybridized carbons (Fsp3) is 0.500. The van der Waals surface area contributed by atoms with Gasteiger partial charge in [-0.2, -0.15) is 0 Å². The van der Waals surface area contributed by atoms with Crippen molar-refractivity contribution in [1.29, 1.82) is 0 Å². The maximum absolute atomic E-state index is 13.4. The summed E-state index contributed by atoms with van der Waals surface area (Å²) in [7, 11) is -2.97. The molecule has 0 aliphatic heterocycles. The molecule has 152 valence electrons. The number of nitrogens with zero attached hydrogens (tertiary/aromatic N) is 1. The fourth-order valence-electron chi connectivity index (χ4n) is 2.66. The van der Waals surface area contributed by atoms with Crippen LogP contribution in [0.2, 0.25) is 0 Å². The Bertz CT molecular complexity index is 867. The van der Waals surface area contributed by atoms with E-state index in [0.29, 0.717) is 31.9 Å². The molecule has 9 heteroatoms. The summed E-state index contributed by atoms with van der Waals surface area (Å²) >= 11 is 0. The molecule has 2 aromatic rings. The molecule has 1 aromatic carbocycles. The van der Waals surface area contributed by atoms with Gasteiger partial charge in [0.15, 0.2) is 5.96 Å². The lowest BCUT2D eigenvalue weighted by atomic mass is 10.1. The third kappa shape index (κ3) is 8.04. The Morgan fingerprint density at radius 3 is 2.78 bits per heavy atom. The molecule has 0 saturated heterocycles. The number of nitrogens with one attached hydrogen (secondary N) is 3. The van der Waals surface area contributed by atoms with Crippen molar-refractivity contribution in [3.63, 3.8) is 0 Å². The van der Waals surface area contributed by atoms with E-state index in [2.05, 4.69) is 20.6 Å². The number of H-pyrrole nitrogens is 1. The number of benzene rings is 1. The number of hydrogen-bond acceptors (Lipinski definition) is 3. The molecule has 0 amide bonds. The van der Waals surface area contributed by atoms with Crippen molar-refractivity contribution in [2.75, 3.05) is 25.1 Å². The van der Waals surface area contributed by atoms with Crippen LogP contribution in [0.5, 0.6) is 0 Å². The van der Waals surface area contributed by atoms with Crippen LogP contribution in [0.4, 0.5) is 4.39 Å². The monoisotopic (exact) mass is 510 g/mol. The minimum absolute atomic E-state index is 0. The second kappa shape index (κ2) is 10.8. The molecule has 1 unspecified atom stereocenters. The molecule has 0 radical (unpaired) electrons. The van der Waals surface area contributed by atoms with E-state index in [9.17, 15) is 12.8 Å². The number of hydrogen-bond donors (Lipinski definition) is 3. The van der Waals surface area contributed by atoms with Crippen molar-refractivity contribution >= 4 is 50.7 Å². The van der Waals surface area contributed by atoms with E-state index in [-0.39, 0.29) is 41.6 Å². The van der Waals surface area contributed by atoms with Crippen molar-refractivity contribution in [3.8, 4) is 0 Å². The summed E-state index contributed by atoms with van der Waals surface area (Å²) < 4.78 is 36.0. The predicted molar refractivity (Wildman–Crippen MR) is 120 cm³/mol. The Morgan fingerprint density at radius 1 is 1.37 bits per heavy atom. The van der Waals surface area contributed by atoms with Crippen molar-refractivity contribution in [1.82, 2.24) is 15.6 Å². The summed E-state index contributed by atoms with van der Waals surface area (Å²) in [4.78, 5) is 7.68. The summed E-state index contributed by atoms with van der Waals surface area (Å²) in [5.41, 5.74) is 1.93. The number of sulfone groups is 1. The zero-order valence-electron chi connectivity index (χ0n) is 15.9. The SMILES string of the molecule is CCNC(=NCCc1c[nH]c2ccc(F)cc12)NC(C)CCS(C)(=O)=O.I. The third-order valence-corrected chi connectivity index (χ3v) is 5.01. The van der Waals surface area contributed by atoms with Crippen LogP contribution in [-0.4, -0.2) is 50.5 Å². The van der Waals surface area contributed by atoms with E-state index < -0.39 is 9.84 Å². The molecule has 2 rings (SSSR count). The molecular weight excluding hydrogens is 482 g/mol. The lowest BCUT2D eigenvalue weighted by Crippen LogP contribution is -2.43. The molecule has 0 aliphatic carbocycles. The number of rotatable bonds is 8. The largest absolute Gasteiger partial charge is 0.361 e. The quantitative estimate of drug-likeness (QED) is 0.290. The summed E-state index contributed by atoms with van der Waals surface area (Å²) in [6.07, 6.45) is 4.32. The van der Waals surface area contributed by atoms with Crippen LogP contribution in [0.3, 0.4) is 0 Å². The first-order valence-electron chi connectivity index (χ1n) is 8.76. The van der Waals surface area contributed by atoms with Crippen LogP contribution in [0.25, 0.3) is 10.9 Å². The van der Waals surface area contributed by atoms with Gasteiger partial charge < -0.3 is 15.6 Å². The molecule has 0 aliphatic rings. The lowest BCUT2D eigenvalue weighted by molar-refractivity contribution is 0.581. The first-order valence-corrected chi connectivity index (χ1v) is 10.8. The molecule has 6 nitrogen and oxygen atoms in total. The van der Waals surface area contributed by atoms with Gasteiger partial charge in [-0.15, -0.1) is 24.0 Å². The van der Waals surface area contributed by atoms with Gasteiger partial charge in [0.05, 0.1) is 5.75 Å².